The van der Waals surface area contributed by atoms with Crippen LogP contribution in [0.3, 0.4) is 0 Å². The van der Waals surface area contributed by atoms with Crippen molar-refractivity contribution in [1.29, 1.82) is 0 Å². The number of allylic oxidation sites excluding steroid dienone is 1. The molecular formula is C15H19N3O4. The molecule has 0 saturated heterocycles. The van der Waals surface area contributed by atoms with Crippen molar-refractivity contribution in [2.45, 2.75) is 38.6 Å². The summed E-state index contributed by atoms with van der Waals surface area (Å²) in [5.74, 6) is -0.320. The number of pyridine rings is 1. The second kappa shape index (κ2) is 7.53. The molecule has 1 aromatic heterocycles. The zero-order chi connectivity index (χ0) is 15.9. The SMILES string of the molecule is O=C(Cn1cc([N+](=O)[O-])ccc1=O)NCCC1=CCCCC1. The molecule has 0 atom stereocenters. The average Bonchev–Trinajstić information content (AvgIpc) is 2.50. The standard InChI is InChI=1S/C15H19N3O4/c19-14(16-9-8-12-4-2-1-3-5-12)11-17-10-13(18(21)22)6-7-15(17)20/h4,6-7,10H,1-3,5,8-9,11H2,(H,16,19). The van der Waals surface area contributed by atoms with E-state index >= 15 is 0 Å². The third-order valence-corrected chi connectivity index (χ3v) is 3.65. The fraction of sp³-hybridized carbons (Fsp3) is 0.467. The van der Waals surface area contributed by atoms with E-state index in [0.717, 1.165) is 42.2 Å². The van der Waals surface area contributed by atoms with E-state index < -0.39 is 10.5 Å². The summed E-state index contributed by atoms with van der Waals surface area (Å²) in [6.45, 7) is 0.313. The van der Waals surface area contributed by atoms with Crippen LogP contribution in [0, 0.1) is 10.1 Å². The monoisotopic (exact) mass is 305 g/mol. The minimum Gasteiger partial charge on any atom is -0.354 e. The van der Waals surface area contributed by atoms with Gasteiger partial charge in [0.2, 0.25) is 5.91 Å². The van der Waals surface area contributed by atoms with Crippen LogP contribution < -0.4 is 10.9 Å². The van der Waals surface area contributed by atoms with Crippen LogP contribution in [0.5, 0.6) is 0 Å². The lowest BCUT2D eigenvalue weighted by Crippen LogP contribution is -2.32. The number of amides is 1. The van der Waals surface area contributed by atoms with Gasteiger partial charge < -0.3 is 5.32 Å². The Balaban J connectivity index is 1.86. The van der Waals surface area contributed by atoms with Gasteiger partial charge >= 0.3 is 0 Å². The highest BCUT2D eigenvalue weighted by Crippen LogP contribution is 2.19. The van der Waals surface area contributed by atoms with Gasteiger partial charge in [-0.2, -0.15) is 0 Å². The Morgan fingerprint density at radius 2 is 2.18 bits per heavy atom. The molecule has 1 aliphatic rings. The van der Waals surface area contributed by atoms with Crippen molar-refractivity contribution < 1.29 is 9.72 Å². The normalized spacial score (nSPS) is 14.3. The maximum atomic E-state index is 11.8. The predicted octanol–water partition coefficient (Wildman–Crippen LogP) is 1.76. The first kappa shape index (κ1) is 15.9. The summed E-state index contributed by atoms with van der Waals surface area (Å²) < 4.78 is 1.05. The summed E-state index contributed by atoms with van der Waals surface area (Å²) in [6.07, 6.45) is 8.74. The molecule has 1 N–H and O–H groups in total. The van der Waals surface area contributed by atoms with E-state index in [0.29, 0.717) is 6.54 Å². The first-order valence-corrected chi connectivity index (χ1v) is 7.36. The molecule has 0 fully saturated rings. The third-order valence-electron chi connectivity index (χ3n) is 3.65. The van der Waals surface area contributed by atoms with Gasteiger partial charge in [0.15, 0.2) is 0 Å². The fourth-order valence-corrected chi connectivity index (χ4v) is 2.46. The van der Waals surface area contributed by atoms with Gasteiger partial charge in [-0.15, -0.1) is 0 Å². The molecule has 7 nitrogen and oxygen atoms in total. The zero-order valence-corrected chi connectivity index (χ0v) is 12.3. The van der Waals surface area contributed by atoms with Crippen LogP contribution in [0.1, 0.15) is 32.1 Å². The lowest BCUT2D eigenvalue weighted by atomic mass is 9.97. The van der Waals surface area contributed by atoms with Crippen molar-refractivity contribution in [3.05, 3.63) is 50.4 Å². The lowest BCUT2D eigenvalue weighted by Gasteiger charge is -2.13. The molecule has 1 amide bonds. The van der Waals surface area contributed by atoms with E-state index in [1.807, 2.05) is 0 Å². The summed E-state index contributed by atoms with van der Waals surface area (Å²) in [4.78, 5) is 33.5. The van der Waals surface area contributed by atoms with E-state index in [9.17, 15) is 19.7 Å². The lowest BCUT2D eigenvalue weighted by molar-refractivity contribution is -0.385. The van der Waals surface area contributed by atoms with Crippen molar-refractivity contribution in [1.82, 2.24) is 9.88 Å². The molecule has 118 valence electrons. The first-order chi connectivity index (χ1) is 10.6. The van der Waals surface area contributed by atoms with Crippen molar-refractivity contribution in [2.24, 2.45) is 0 Å². The molecule has 0 saturated carbocycles. The van der Waals surface area contributed by atoms with Crippen LogP contribution in [0.2, 0.25) is 0 Å². The van der Waals surface area contributed by atoms with Crippen LogP contribution in [-0.2, 0) is 11.3 Å². The highest BCUT2D eigenvalue weighted by molar-refractivity contribution is 5.75. The van der Waals surface area contributed by atoms with E-state index in [1.54, 1.807) is 0 Å². The van der Waals surface area contributed by atoms with Crippen LogP contribution in [0.15, 0.2) is 34.8 Å². The number of nitrogens with one attached hydrogen (secondary N) is 1. The number of nitro groups is 1. The molecule has 2 rings (SSSR count). The fourth-order valence-electron chi connectivity index (χ4n) is 2.46. The van der Waals surface area contributed by atoms with Gasteiger partial charge in [-0.3, -0.25) is 24.3 Å². The Morgan fingerprint density at radius 1 is 1.36 bits per heavy atom. The maximum absolute atomic E-state index is 11.8. The maximum Gasteiger partial charge on any atom is 0.285 e. The molecule has 1 aromatic rings. The minimum atomic E-state index is -0.594. The Hall–Kier alpha value is -2.44. The molecule has 7 heteroatoms. The summed E-state index contributed by atoms with van der Waals surface area (Å²) in [6, 6.07) is 2.23. The quantitative estimate of drug-likeness (QED) is 0.492. The number of aromatic nitrogens is 1. The number of hydrogen-bond acceptors (Lipinski definition) is 4. The largest absolute Gasteiger partial charge is 0.354 e. The smallest absolute Gasteiger partial charge is 0.285 e. The molecule has 1 heterocycles. The average molecular weight is 305 g/mol. The molecule has 0 bridgehead atoms. The Labute approximate surface area is 127 Å². The third kappa shape index (κ3) is 4.54. The number of rotatable bonds is 6. The molecule has 0 spiro atoms. The minimum absolute atomic E-state index is 0.209. The summed E-state index contributed by atoms with van der Waals surface area (Å²) >= 11 is 0. The van der Waals surface area contributed by atoms with Gasteiger partial charge in [0.25, 0.3) is 11.2 Å². The van der Waals surface area contributed by atoms with Crippen molar-refractivity contribution in [2.75, 3.05) is 6.54 Å². The number of carbonyl (C=O) groups excluding carboxylic acids is 1. The van der Waals surface area contributed by atoms with Crippen LogP contribution in [-0.4, -0.2) is 21.9 Å². The second-order valence-electron chi connectivity index (χ2n) is 5.32. The van der Waals surface area contributed by atoms with Crippen LogP contribution >= 0.6 is 0 Å². The van der Waals surface area contributed by atoms with Gasteiger partial charge in [-0.25, -0.2) is 0 Å². The zero-order valence-electron chi connectivity index (χ0n) is 12.3. The summed E-state index contributed by atoms with van der Waals surface area (Å²) in [5.41, 5.74) is 0.717. The summed E-state index contributed by atoms with van der Waals surface area (Å²) in [7, 11) is 0. The Morgan fingerprint density at radius 3 is 2.86 bits per heavy atom. The molecular weight excluding hydrogens is 286 g/mol. The molecule has 0 radical (unpaired) electrons. The van der Waals surface area contributed by atoms with Crippen molar-refractivity contribution >= 4 is 11.6 Å². The van der Waals surface area contributed by atoms with Gasteiger partial charge in [-0.05, 0) is 32.1 Å². The molecule has 22 heavy (non-hydrogen) atoms. The topological polar surface area (TPSA) is 94.2 Å². The highest BCUT2D eigenvalue weighted by Gasteiger charge is 2.11. The molecule has 1 aliphatic carbocycles. The van der Waals surface area contributed by atoms with E-state index in [2.05, 4.69) is 11.4 Å². The second-order valence-corrected chi connectivity index (χ2v) is 5.32. The summed E-state index contributed by atoms with van der Waals surface area (Å²) in [5, 5.41) is 13.4. The molecule has 0 aliphatic heterocycles. The Kier molecular flexibility index (Phi) is 5.46. The van der Waals surface area contributed by atoms with Crippen molar-refractivity contribution in [3.63, 3.8) is 0 Å². The van der Waals surface area contributed by atoms with Gasteiger partial charge in [-0.1, -0.05) is 11.6 Å². The predicted molar refractivity (Wildman–Crippen MR) is 81.5 cm³/mol. The van der Waals surface area contributed by atoms with Gasteiger partial charge in [0.1, 0.15) is 6.54 Å². The van der Waals surface area contributed by atoms with E-state index in [4.69, 9.17) is 0 Å². The highest BCUT2D eigenvalue weighted by atomic mass is 16.6. The first-order valence-electron chi connectivity index (χ1n) is 7.36. The number of nitrogens with zero attached hydrogens (tertiary/aromatic N) is 2. The van der Waals surface area contributed by atoms with E-state index in [-0.39, 0.29) is 18.1 Å². The van der Waals surface area contributed by atoms with Crippen LogP contribution in [0.4, 0.5) is 5.69 Å². The van der Waals surface area contributed by atoms with Crippen LogP contribution in [0.25, 0.3) is 0 Å². The Bertz CT molecular complexity index is 648. The van der Waals surface area contributed by atoms with Gasteiger partial charge in [0.05, 0.1) is 11.1 Å². The molecule has 0 aromatic carbocycles. The number of carbonyl (C=O) groups is 1. The number of hydrogen-bond donors (Lipinski definition) is 1. The molecule has 0 unspecified atom stereocenters. The van der Waals surface area contributed by atoms with E-state index in [1.165, 1.54) is 18.4 Å². The van der Waals surface area contributed by atoms with Crippen molar-refractivity contribution in [3.8, 4) is 0 Å². The van der Waals surface area contributed by atoms with Gasteiger partial charge in [0, 0.05) is 18.7 Å².